The fraction of sp³-hybridized carbons (Fsp3) is 0.588. The fourth-order valence-corrected chi connectivity index (χ4v) is 2.62. The number of hydrogen-bond acceptors (Lipinski definition) is 2. The van der Waals surface area contributed by atoms with E-state index >= 15 is 0 Å². The van der Waals surface area contributed by atoms with E-state index in [0.29, 0.717) is 6.04 Å². The number of aromatic nitrogens is 2. The smallest absolute Gasteiger partial charge is 0.124 e. The zero-order valence-electron chi connectivity index (χ0n) is 13.1. The molecule has 0 amide bonds. The molecule has 2 rings (SSSR count). The Morgan fingerprint density at radius 1 is 1.15 bits per heavy atom. The molecular formula is C17H27N3. The Bertz CT molecular complexity index is 499. The molecule has 0 bridgehead atoms. The van der Waals surface area contributed by atoms with E-state index in [-0.39, 0.29) is 6.04 Å². The van der Waals surface area contributed by atoms with Gasteiger partial charge in [-0.2, -0.15) is 0 Å². The van der Waals surface area contributed by atoms with Crippen molar-refractivity contribution in [3.8, 4) is 0 Å². The Kier molecular flexibility index (Phi) is 5.18. The number of nitrogens with zero attached hydrogens (tertiary/aromatic N) is 1. The molecule has 20 heavy (non-hydrogen) atoms. The Labute approximate surface area is 122 Å². The second-order valence-corrected chi connectivity index (χ2v) is 5.88. The number of benzene rings is 1. The topological polar surface area (TPSA) is 40.7 Å². The highest BCUT2D eigenvalue weighted by atomic mass is 15.0. The van der Waals surface area contributed by atoms with Gasteiger partial charge in [0.05, 0.1) is 17.1 Å². The summed E-state index contributed by atoms with van der Waals surface area (Å²) in [5.74, 6) is 1.81. The van der Waals surface area contributed by atoms with Gasteiger partial charge < -0.3 is 10.3 Å². The first-order valence-corrected chi connectivity index (χ1v) is 7.84. The summed E-state index contributed by atoms with van der Waals surface area (Å²) in [6, 6.07) is 9.03. The minimum Gasteiger partial charge on any atom is -0.341 e. The molecule has 0 aliphatic heterocycles. The summed E-state index contributed by atoms with van der Waals surface area (Å²) in [5.41, 5.74) is 2.16. The lowest BCUT2D eigenvalue weighted by Gasteiger charge is -2.23. The third kappa shape index (κ3) is 3.60. The largest absolute Gasteiger partial charge is 0.341 e. The van der Waals surface area contributed by atoms with Gasteiger partial charge in [-0.25, -0.2) is 4.98 Å². The van der Waals surface area contributed by atoms with Crippen LogP contribution in [0.3, 0.4) is 0 Å². The molecule has 0 fully saturated rings. The van der Waals surface area contributed by atoms with Crippen molar-refractivity contribution in [3.05, 3.63) is 30.1 Å². The predicted octanol–water partition coefficient (Wildman–Crippen LogP) is 4.43. The molecule has 3 heteroatoms. The standard InChI is InChI=1S/C17H27N3/c1-5-12(3)11-14(6-2)18-13(4)17-19-15-9-7-8-10-16(15)20-17/h7-10,12-14,18H,5-6,11H2,1-4H3,(H,19,20). The lowest BCUT2D eigenvalue weighted by Crippen LogP contribution is -2.33. The van der Waals surface area contributed by atoms with Crippen LogP contribution in [0.5, 0.6) is 0 Å². The van der Waals surface area contributed by atoms with Gasteiger partial charge in [0.25, 0.3) is 0 Å². The van der Waals surface area contributed by atoms with Gasteiger partial charge in [0.1, 0.15) is 5.82 Å². The summed E-state index contributed by atoms with van der Waals surface area (Å²) in [7, 11) is 0. The molecule has 3 unspecified atom stereocenters. The summed E-state index contributed by atoms with van der Waals surface area (Å²) >= 11 is 0. The van der Waals surface area contributed by atoms with E-state index in [1.54, 1.807) is 0 Å². The third-order valence-electron chi connectivity index (χ3n) is 4.18. The van der Waals surface area contributed by atoms with Crippen molar-refractivity contribution >= 4 is 11.0 Å². The number of nitrogens with one attached hydrogen (secondary N) is 2. The van der Waals surface area contributed by atoms with Crippen LogP contribution >= 0.6 is 0 Å². The highest BCUT2D eigenvalue weighted by Gasteiger charge is 2.16. The van der Waals surface area contributed by atoms with Gasteiger partial charge in [-0.3, -0.25) is 0 Å². The SMILES string of the molecule is CCC(C)CC(CC)NC(C)c1nc2ccccc2[nH]1. The monoisotopic (exact) mass is 273 g/mol. The zero-order valence-corrected chi connectivity index (χ0v) is 13.1. The van der Waals surface area contributed by atoms with Gasteiger partial charge in [0.15, 0.2) is 0 Å². The van der Waals surface area contributed by atoms with Crippen LogP contribution in [0.25, 0.3) is 11.0 Å². The number of aromatic amines is 1. The maximum Gasteiger partial charge on any atom is 0.124 e. The normalized spacial score (nSPS) is 16.2. The second kappa shape index (κ2) is 6.89. The van der Waals surface area contributed by atoms with E-state index in [1.807, 2.05) is 12.1 Å². The number of imidazole rings is 1. The Balaban J connectivity index is 2.04. The van der Waals surface area contributed by atoms with Crippen LogP contribution in [0, 0.1) is 5.92 Å². The number of para-hydroxylation sites is 2. The van der Waals surface area contributed by atoms with E-state index in [4.69, 9.17) is 0 Å². The molecule has 0 saturated heterocycles. The lowest BCUT2D eigenvalue weighted by atomic mass is 9.97. The molecule has 0 aliphatic rings. The first-order chi connectivity index (χ1) is 9.63. The average molecular weight is 273 g/mol. The highest BCUT2D eigenvalue weighted by molar-refractivity contribution is 5.74. The molecule has 0 aliphatic carbocycles. The molecular weight excluding hydrogens is 246 g/mol. The Hall–Kier alpha value is -1.35. The van der Waals surface area contributed by atoms with Crippen LogP contribution in [-0.2, 0) is 0 Å². The number of H-pyrrole nitrogens is 1. The van der Waals surface area contributed by atoms with Gasteiger partial charge in [-0.15, -0.1) is 0 Å². The van der Waals surface area contributed by atoms with Gasteiger partial charge in [0, 0.05) is 6.04 Å². The van der Waals surface area contributed by atoms with Crippen molar-refractivity contribution in [3.63, 3.8) is 0 Å². The summed E-state index contributed by atoms with van der Waals surface area (Å²) in [6.07, 6.45) is 3.64. The van der Waals surface area contributed by atoms with Gasteiger partial charge in [-0.05, 0) is 37.8 Å². The van der Waals surface area contributed by atoms with Crippen molar-refractivity contribution < 1.29 is 0 Å². The summed E-state index contributed by atoms with van der Waals surface area (Å²) < 4.78 is 0. The molecule has 110 valence electrons. The van der Waals surface area contributed by atoms with Crippen LogP contribution < -0.4 is 5.32 Å². The number of fused-ring (bicyclic) bond motifs is 1. The maximum atomic E-state index is 4.68. The van der Waals surface area contributed by atoms with E-state index in [1.165, 1.54) is 12.8 Å². The molecule has 1 aromatic carbocycles. The van der Waals surface area contributed by atoms with Crippen LogP contribution in [0.1, 0.15) is 58.8 Å². The van der Waals surface area contributed by atoms with Gasteiger partial charge in [-0.1, -0.05) is 39.3 Å². The lowest BCUT2D eigenvalue weighted by molar-refractivity contribution is 0.354. The third-order valence-corrected chi connectivity index (χ3v) is 4.18. The number of rotatable bonds is 7. The average Bonchev–Trinajstić information content (AvgIpc) is 2.90. The van der Waals surface area contributed by atoms with E-state index < -0.39 is 0 Å². The van der Waals surface area contributed by atoms with Crippen LogP contribution in [0.2, 0.25) is 0 Å². The van der Waals surface area contributed by atoms with Crippen LogP contribution in [-0.4, -0.2) is 16.0 Å². The van der Waals surface area contributed by atoms with E-state index in [9.17, 15) is 0 Å². The van der Waals surface area contributed by atoms with Crippen molar-refractivity contribution in [2.75, 3.05) is 0 Å². The van der Waals surface area contributed by atoms with Crippen molar-refractivity contribution in [1.29, 1.82) is 0 Å². The Morgan fingerprint density at radius 2 is 1.90 bits per heavy atom. The zero-order chi connectivity index (χ0) is 14.5. The first-order valence-electron chi connectivity index (χ1n) is 7.84. The summed E-state index contributed by atoms with van der Waals surface area (Å²) in [6.45, 7) is 9.04. The molecule has 3 nitrogen and oxygen atoms in total. The molecule has 1 aromatic heterocycles. The minimum atomic E-state index is 0.261. The molecule has 0 saturated carbocycles. The van der Waals surface area contributed by atoms with Gasteiger partial charge >= 0.3 is 0 Å². The first kappa shape index (κ1) is 15.0. The molecule has 2 aromatic rings. The fourth-order valence-electron chi connectivity index (χ4n) is 2.62. The van der Waals surface area contributed by atoms with Crippen molar-refractivity contribution in [2.24, 2.45) is 5.92 Å². The summed E-state index contributed by atoms with van der Waals surface area (Å²) in [5, 5.41) is 3.72. The van der Waals surface area contributed by atoms with E-state index in [2.05, 4.69) is 55.1 Å². The molecule has 3 atom stereocenters. The highest BCUT2D eigenvalue weighted by Crippen LogP contribution is 2.19. The Morgan fingerprint density at radius 3 is 2.55 bits per heavy atom. The molecule has 1 heterocycles. The van der Waals surface area contributed by atoms with Crippen LogP contribution in [0.4, 0.5) is 0 Å². The minimum absolute atomic E-state index is 0.261. The molecule has 2 N–H and O–H groups in total. The second-order valence-electron chi connectivity index (χ2n) is 5.88. The quantitative estimate of drug-likeness (QED) is 0.783. The number of hydrogen-bond donors (Lipinski definition) is 2. The maximum absolute atomic E-state index is 4.68. The van der Waals surface area contributed by atoms with Crippen LogP contribution in [0.15, 0.2) is 24.3 Å². The predicted molar refractivity (Wildman–Crippen MR) is 85.8 cm³/mol. The molecule has 0 spiro atoms. The van der Waals surface area contributed by atoms with Crippen molar-refractivity contribution in [1.82, 2.24) is 15.3 Å². The molecule has 0 radical (unpaired) electrons. The van der Waals surface area contributed by atoms with Gasteiger partial charge in [0.2, 0.25) is 0 Å². The summed E-state index contributed by atoms with van der Waals surface area (Å²) in [4.78, 5) is 8.10. The van der Waals surface area contributed by atoms with E-state index in [0.717, 1.165) is 29.2 Å². The van der Waals surface area contributed by atoms with Crippen molar-refractivity contribution in [2.45, 2.75) is 59.0 Å².